The highest BCUT2D eigenvalue weighted by atomic mass is 35.5. The second-order valence-electron chi connectivity index (χ2n) is 9.97. The number of carbonyl (C=O) groups is 2. The largest absolute Gasteiger partial charge is 0.355 e. The number of rotatable bonds is 9. The third-order valence-electron chi connectivity index (χ3n) is 6.94. The van der Waals surface area contributed by atoms with E-state index in [1.165, 1.54) is 17.8 Å². The van der Waals surface area contributed by atoms with Crippen molar-refractivity contribution in [1.82, 2.24) is 4.98 Å². The van der Waals surface area contributed by atoms with Gasteiger partial charge in [0.15, 0.2) is 15.7 Å². The van der Waals surface area contributed by atoms with Gasteiger partial charge in [0, 0.05) is 49.0 Å². The van der Waals surface area contributed by atoms with Gasteiger partial charge in [-0.2, -0.15) is 0 Å². The van der Waals surface area contributed by atoms with Crippen LogP contribution in [0.5, 0.6) is 0 Å². The Labute approximate surface area is 229 Å². The van der Waals surface area contributed by atoms with Crippen LogP contribution in [0, 0.1) is 5.92 Å². The van der Waals surface area contributed by atoms with Crippen LogP contribution in [-0.4, -0.2) is 44.4 Å². The van der Waals surface area contributed by atoms with Crippen molar-refractivity contribution >= 4 is 44.6 Å². The number of halogens is 1. The van der Waals surface area contributed by atoms with Gasteiger partial charge in [0.25, 0.3) is 5.91 Å². The third-order valence-corrected chi connectivity index (χ3v) is 8.25. The Kier molecular flexibility index (Phi) is 8.84. The molecule has 1 amide bonds. The first-order valence-corrected chi connectivity index (χ1v) is 15.0. The van der Waals surface area contributed by atoms with Crippen molar-refractivity contribution in [3.05, 3.63) is 83.0 Å². The highest BCUT2D eigenvalue weighted by Crippen LogP contribution is 2.32. The predicted molar refractivity (Wildman–Crippen MR) is 151 cm³/mol. The molecule has 1 aliphatic heterocycles. The van der Waals surface area contributed by atoms with E-state index < -0.39 is 15.7 Å². The molecule has 38 heavy (non-hydrogen) atoms. The average Bonchev–Trinajstić information content (AvgIpc) is 2.89. The van der Waals surface area contributed by atoms with Crippen LogP contribution >= 0.6 is 11.6 Å². The molecule has 1 atom stereocenters. The Morgan fingerprint density at radius 3 is 2.45 bits per heavy atom. The summed E-state index contributed by atoms with van der Waals surface area (Å²) in [6, 6.07) is 18.1. The molecule has 2 heterocycles. The number of benzene rings is 2. The molecular formula is C29H32ClN3O4S. The first kappa shape index (κ1) is 27.8. The summed E-state index contributed by atoms with van der Waals surface area (Å²) in [5, 5.41) is 3.25. The number of sulfone groups is 1. The quantitative estimate of drug-likeness (QED) is 0.362. The van der Waals surface area contributed by atoms with E-state index in [4.69, 9.17) is 11.6 Å². The molecule has 3 aromatic rings. The summed E-state index contributed by atoms with van der Waals surface area (Å²) < 4.78 is 24.3. The maximum atomic E-state index is 12.9. The lowest BCUT2D eigenvalue weighted by molar-refractivity contribution is -0.120. The number of aromatic nitrogens is 1. The van der Waals surface area contributed by atoms with Crippen LogP contribution in [0.2, 0.25) is 5.02 Å². The number of hydrogen-bond donors (Lipinski definition) is 1. The number of ketones is 1. The first-order valence-electron chi connectivity index (χ1n) is 12.7. The molecular weight excluding hydrogens is 522 g/mol. The lowest BCUT2D eigenvalue weighted by atomic mass is 9.87. The molecule has 4 rings (SSSR count). The number of nitrogens with one attached hydrogen (secondary N) is 1. The lowest BCUT2D eigenvalue weighted by Crippen LogP contribution is -2.35. The molecule has 1 N–H and O–H groups in total. The van der Waals surface area contributed by atoms with E-state index in [2.05, 4.69) is 29.4 Å². The molecule has 200 valence electrons. The number of piperidine rings is 1. The smallest absolute Gasteiger partial charge is 0.255 e. The fourth-order valence-corrected chi connectivity index (χ4v) is 5.57. The standard InChI is InChI=1S/C29H32ClN3O4S/c1-20(22-7-4-3-5-8-22)15-25(34)16-21-11-13-33(14-12-21)28-27(18-26(19-31-28)38(2,36)37)32-29(35)23-9-6-10-24(30)17-23/h3-10,17-21H,11-16H2,1-2H3,(H,32,35)/t20-/m1/s1. The normalized spacial score (nSPS) is 15.2. The van der Waals surface area contributed by atoms with Gasteiger partial charge in [-0.05, 0) is 54.5 Å². The maximum Gasteiger partial charge on any atom is 0.255 e. The van der Waals surface area contributed by atoms with Gasteiger partial charge in [-0.25, -0.2) is 13.4 Å². The van der Waals surface area contributed by atoms with Gasteiger partial charge in [-0.3, -0.25) is 9.59 Å². The number of Topliss-reactive ketones (excluding diaryl/α,β-unsaturated/α-hetero) is 1. The van der Waals surface area contributed by atoms with Crippen molar-refractivity contribution in [2.45, 2.75) is 43.4 Å². The fourth-order valence-electron chi connectivity index (χ4n) is 4.80. The number of nitrogens with zero attached hydrogens (tertiary/aromatic N) is 2. The van der Waals surface area contributed by atoms with Crippen molar-refractivity contribution in [1.29, 1.82) is 0 Å². The molecule has 9 heteroatoms. The minimum atomic E-state index is -3.52. The molecule has 0 radical (unpaired) electrons. The lowest BCUT2D eigenvalue weighted by Gasteiger charge is -2.33. The number of hydrogen-bond acceptors (Lipinski definition) is 6. The van der Waals surface area contributed by atoms with Crippen molar-refractivity contribution in [3.8, 4) is 0 Å². The molecule has 0 bridgehead atoms. The van der Waals surface area contributed by atoms with Gasteiger partial charge in [0.1, 0.15) is 5.78 Å². The van der Waals surface area contributed by atoms with Crippen LogP contribution in [0.25, 0.3) is 0 Å². The molecule has 0 saturated carbocycles. The average molecular weight is 554 g/mol. The summed E-state index contributed by atoms with van der Waals surface area (Å²) in [5.74, 6) is 0.836. The maximum absolute atomic E-state index is 12.9. The van der Waals surface area contributed by atoms with Crippen LogP contribution in [-0.2, 0) is 14.6 Å². The Hall–Kier alpha value is -3.23. The topological polar surface area (TPSA) is 96.4 Å². The summed E-state index contributed by atoms with van der Waals surface area (Å²) >= 11 is 6.03. The number of amides is 1. The van der Waals surface area contributed by atoms with Crippen molar-refractivity contribution in [2.75, 3.05) is 29.6 Å². The van der Waals surface area contributed by atoms with Gasteiger partial charge in [-0.15, -0.1) is 0 Å². The summed E-state index contributed by atoms with van der Waals surface area (Å²) in [6.45, 7) is 3.38. The van der Waals surface area contributed by atoms with Crippen LogP contribution < -0.4 is 10.2 Å². The van der Waals surface area contributed by atoms with E-state index >= 15 is 0 Å². The molecule has 0 unspecified atom stereocenters. The summed E-state index contributed by atoms with van der Waals surface area (Å²) in [4.78, 5) is 32.2. The third kappa shape index (κ3) is 7.20. The van der Waals surface area contributed by atoms with Gasteiger partial charge in [0.2, 0.25) is 0 Å². The van der Waals surface area contributed by atoms with Crippen molar-refractivity contribution in [2.24, 2.45) is 5.92 Å². The second kappa shape index (κ2) is 12.1. The minimum absolute atomic E-state index is 0.0238. The molecule has 1 saturated heterocycles. The Balaban J connectivity index is 1.43. The minimum Gasteiger partial charge on any atom is -0.355 e. The fraction of sp³-hybridized carbons (Fsp3) is 0.345. The molecule has 0 spiro atoms. The first-order chi connectivity index (χ1) is 18.1. The van der Waals surface area contributed by atoms with Crippen molar-refractivity contribution < 1.29 is 18.0 Å². The number of carbonyl (C=O) groups excluding carboxylic acids is 2. The van der Waals surface area contributed by atoms with Crippen LogP contribution in [0.15, 0.2) is 71.8 Å². The van der Waals surface area contributed by atoms with Gasteiger partial charge < -0.3 is 10.2 Å². The van der Waals surface area contributed by atoms with Gasteiger partial charge in [0.05, 0.1) is 10.6 Å². The highest BCUT2D eigenvalue weighted by molar-refractivity contribution is 7.90. The Bertz CT molecular complexity index is 1400. The number of pyridine rings is 1. The SMILES string of the molecule is C[C@H](CC(=O)CC1CCN(c2ncc(S(C)(=O)=O)cc2NC(=O)c2cccc(Cl)c2)CC1)c1ccccc1. The Morgan fingerprint density at radius 1 is 1.08 bits per heavy atom. The molecule has 1 aromatic heterocycles. The zero-order valence-corrected chi connectivity index (χ0v) is 23.1. The summed E-state index contributed by atoms with van der Waals surface area (Å²) in [6.07, 6.45) is 5.11. The summed E-state index contributed by atoms with van der Waals surface area (Å²) in [7, 11) is -3.52. The van der Waals surface area contributed by atoms with E-state index in [0.717, 1.165) is 19.1 Å². The zero-order chi connectivity index (χ0) is 27.3. The van der Waals surface area contributed by atoms with Crippen LogP contribution in [0.3, 0.4) is 0 Å². The number of anilines is 2. The van der Waals surface area contributed by atoms with Gasteiger partial charge >= 0.3 is 0 Å². The van der Waals surface area contributed by atoms with Crippen LogP contribution in [0.1, 0.15) is 54.4 Å². The van der Waals surface area contributed by atoms with Gasteiger partial charge in [-0.1, -0.05) is 54.9 Å². The zero-order valence-electron chi connectivity index (χ0n) is 21.6. The molecule has 1 aliphatic rings. The molecule has 1 fully saturated rings. The van der Waals surface area contributed by atoms with E-state index in [9.17, 15) is 18.0 Å². The van der Waals surface area contributed by atoms with Crippen molar-refractivity contribution in [3.63, 3.8) is 0 Å². The van der Waals surface area contributed by atoms with E-state index in [-0.39, 0.29) is 22.5 Å². The Morgan fingerprint density at radius 2 is 1.79 bits per heavy atom. The molecule has 0 aliphatic carbocycles. The molecule has 2 aromatic carbocycles. The second-order valence-corrected chi connectivity index (χ2v) is 12.4. The predicted octanol–water partition coefficient (Wildman–Crippen LogP) is 5.76. The van der Waals surface area contributed by atoms with E-state index in [1.807, 2.05) is 23.1 Å². The molecule has 7 nitrogen and oxygen atoms in total. The van der Waals surface area contributed by atoms with E-state index in [1.54, 1.807) is 24.3 Å². The highest BCUT2D eigenvalue weighted by Gasteiger charge is 2.26. The monoisotopic (exact) mass is 553 g/mol. The summed E-state index contributed by atoms with van der Waals surface area (Å²) in [5.41, 5.74) is 1.85. The van der Waals surface area contributed by atoms with E-state index in [0.29, 0.717) is 48.0 Å². The van der Waals surface area contributed by atoms with Crippen LogP contribution in [0.4, 0.5) is 11.5 Å².